The van der Waals surface area contributed by atoms with Crippen molar-refractivity contribution in [1.29, 1.82) is 0 Å². The van der Waals surface area contributed by atoms with Gasteiger partial charge in [0.15, 0.2) is 10.8 Å². The Morgan fingerprint density at radius 2 is 2.20 bits per heavy atom. The Hall–Kier alpha value is -2.47. The molecule has 3 heterocycles. The smallest absolute Gasteiger partial charge is 0.276 e. The molecule has 3 rings (SSSR count). The first-order valence-electron chi connectivity index (χ1n) is 5.98. The molecule has 0 radical (unpaired) electrons. The van der Waals surface area contributed by atoms with Gasteiger partial charge in [0.1, 0.15) is 11.5 Å². The molecule has 0 atom stereocenters. The molecule has 0 saturated carbocycles. The minimum Gasteiger partial charge on any atom is -0.462 e. The Labute approximate surface area is 119 Å². The van der Waals surface area contributed by atoms with E-state index < -0.39 is 0 Å². The van der Waals surface area contributed by atoms with Crippen LogP contribution in [0.25, 0.3) is 10.8 Å². The number of pyridine rings is 1. The van der Waals surface area contributed by atoms with E-state index in [2.05, 4.69) is 15.3 Å². The maximum atomic E-state index is 12.2. The van der Waals surface area contributed by atoms with Crippen LogP contribution >= 0.6 is 11.3 Å². The molecule has 3 aromatic rings. The summed E-state index contributed by atoms with van der Waals surface area (Å²) in [5, 5.41) is 3.41. The number of hydrogen-bond acceptors (Lipinski definition) is 5. The number of aromatic nitrogens is 2. The Morgan fingerprint density at radius 3 is 2.90 bits per heavy atom. The van der Waals surface area contributed by atoms with Gasteiger partial charge >= 0.3 is 0 Å². The second-order valence-electron chi connectivity index (χ2n) is 4.07. The number of hydrogen-bond donors (Lipinski definition) is 1. The molecule has 100 valence electrons. The number of nitrogens with one attached hydrogen (secondary N) is 1. The van der Waals surface area contributed by atoms with E-state index in [1.165, 1.54) is 11.3 Å². The molecule has 0 fully saturated rings. The van der Waals surface area contributed by atoms with Crippen LogP contribution in [0.1, 0.15) is 15.4 Å². The first-order chi connectivity index (χ1) is 9.74. The molecule has 0 aliphatic rings. The van der Waals surface area contributed by atoms with E-state index in [1.807, 2.05) is 19.1 Å². The monoisotopic (exact) mass is 285 g/mol. The highest BCUT2D eigenvalue weighted by Gasteiger charge is 2.17. The van der Waals surface area contributed by atoms with Crippen molar-refractivity contribution in [3.63, 3.8) is 0 Å². The second-order valence-corrected chi connectivity index (χ2v) is 5.27. The van der Waals surface area contributed by atoms with Crippen LogP contribution < -0.4 is 5.32 Å². The molecule has 1 amide bonds. The molecular weight excluding hydrogens is 274 g/mol. The summed E-state index contributed by atoms with van der Waals surface area (Å²) in [5.41, 5.74) is 0.395. The average molecular weight is 285 g/mol. The van der Waals surface area contributed by atoms with Crippen LogP contribution in [-0.4, -0.2) is 15.9 Å². The summed E-state index contributed by atoms with van der Waals surface area (Å²) in [5.74, 6) is 0.898. The van der Waals surface area contributed by atoms with Crippen molar-refractivity contribution >= 4 is 23.1 Å². The highest BCUT2D eigenvalue weighted by atomic mass is 32.1. The van der Waals surface area contributed by atoms with Crippen molar-refractivity contribution in [1.82, 2.24) is 9.97 Å². The fraction of sp³-hybridized carbons (Fsp3) is 0.0714. The molecule has 0 saturated heterocycles. The first-order valence-corrected chi connectivity index (χ1v) is 6.79. The SMILES string of the molecule is Cc1sc(-c2ccco2)nc1C(=O)Nc1ccccn1. The fourth-order valence-corrected chi connectivity index (χ4v) is 2.60. The molecule has 20 heavy (non-hydrogen) atoms. The van der Waals surface area contributed by atoms with Crippen molar-refractivity contribution in [3.05, 3.63) is 53.4 Å². The van der Waals surface area contributed by atoms with Crippen LogP contribution in [0.5, 0.6) is 0 Å². The van der Waals surface area contributed by atoms with Crippen molar-refractivity contribution in [2.75, 3.05) is 5.32 Å². The van der Waals surface area contributed by atoms with Gasteiger partial charge in [-0.05, 0) is 31.2 Å². The summed E-state index contributed by atoms with van der Waals surface area (Å²) < 4.78 is 5.29. The van der Waals surface area contributed by atoms with E-state index in [1.54, 1.807) is 30.7 Å². The number of rotatable bonds is 3. The quantitative estimate of drug-likeness (QED) is 0.801. The molecule has 0 aliphatic carbocycles. The van der Waals surface area contributed by atoms with Gasteiger partial charge in [0.25, 0.3) is 5.91 Å². The minimum atomic E-state index is -0.268. The van der Waals surface area contributed by atoms with E-state index in [-0.39, 0.29) is 5.91 Å². The molecule has 0 spiro atoms. The van der Waals surface area contributed by atoms with Crippen LogP contribution in [0.4, 0.5) is 5.82 Å². The third-order valence-electron chi connectivity index (χ3n) is 2.65. The van der Waals surface area contributed by atoms with Crippen molar-refractivity contribution in [3.8, 4) is 10.8 Å². The molecule has 0 bridgehead atoms. The van der Waals surface area contributed by atoms with Crippen LogP contribution in [0.2, 0.25) is 0 Å². The van der Waals surface area contributed by atoms with Gasteiger partial charge in [-0.2, -0.15) is 0 Å². The van der Waals surface area contributed by atoms with Crippen molar-refractivity contribution < 1.29 is 9.21 Å². The Kier molecular flexibility index (Phi) is 3.30. The van der Waals surface area contributed by atoms with Crippen molar-refractivity contribution in [2.24, 2.45) is 0 Å². The third-order valence-corrected chi connectivity index (χ3v) is 3.64. The molecule has 3 aromatic heterocycles. The van der Waals surface area contributed by atoms with Gasteiger partial charge in [-0.1, -0.05) is 6.07 Å². The van der Waals surface area contributed by atoms with Gasteiger partial charge in [0.05, 0.1) is 6.26 Å². The number of carbonyl (C=O) groups is 1. The van der Waals surface area contributed by atoms with Gasteiger partial charge in [-0.3, -0.25) is 4.79 Å². The lowest BCUT2D eigenvalue weighted by Gasteiger charge is -2.01. The highest BCUT2D eigenvalue weighted by Crippen LogP contribution is 2.28. The maximum Gasteiger partial charge on any atom is 0.276 e. The highest BCUT2D eigenvalue weighted by molar-refractivity contribution is 7.15. The van der Waals surface area contributed by atoms with Crippen LogP contribution in [0.15, 0.2) is 47.2 Å². The molecule has 0 unspecified atom stereocenters. The maximum absolute atomic E-state index is 12.2. The summed E-state index contributed by atoms with van der Waals surface area (Å²) in [4.78, 5) is 21.4. The number of amides is 1. The number of carbonyl (C=O) groups excluding carboxylic acids is 1. The van der Waals surface area contributed by atoms with Crippen LogP contribution in [0, 0.1) is 6.92 Å². The number of thiazole rings is 1. The molecular formula is C14H11N3O2S. The summed E-state index contributed by atoms with van der Waals surface area (Å²) in [7, 11) is 0. The van der Waals surface area contributed by atoms with E-state index in [4.69, 9.17) is 4.42 Å². The van der Waals surface area contributed by atoms with Gasteiger partial charge < -0.3 is 9.73 Å². The Morgan fingerprint density at radius 1 is 1.30 bits per heavy atom. The normalized spacial score (nSPS) is 10.4. The zero-order valence-corrected chi connectivity index (χ0v) is 11.5. The molecule has 6 heteroatoms. The lowest BCUT2D eigenvalue weighted by atomic mass is 10.3. The van der Waals surface area contributed by atoms with E-state index >= 15 is 0 Å². The molecule has 0 aliphatic heterocycles. The van der Waals surface area contributed by atoms with Gasteiger partial charge in [0.2, 0.25) is 0 Å². The lowest BCUT2D eigenvalue weighted by Crippen LogP contribution is -2.14. The Balaban J connectivity index is 1.85. The largest absolute Gasteiger partial charge is 0.462 e. The van der Waals surface area contributed by atoms with Gasteiger partial charge in [-0.15, -0.1) is 11.3 Å². The minimum absolute atomic E-state index is 0.268. The summed E-state index contributed by atoms with van der Waals surface area (Å²) in [6, 6.07) is 8.94. The zero-order chi connectivity index (χ0) is 13.9. The van der Waals surface area contributed by atoms with Crippen LogP contribution in [-0.2, 0) is 0 Å². The predicted molar refractivity (Wildman–Crippen MR) is 76.7 cm³/mol. The summed E-state index contributed by atoms with van der Waals surface area (Å²) >= 11 is 1.42. The number of furan rings is 1. The predicted octanol–water partition coefficient (Wildman–Crippen LogP) is 3.36. The number of anilines is 1. The van der Waals surface area contributed by atoms with E-state index in [0.717, 1.165) is 4.88 Å². The van der Waals surface area contributed by atoms with E-state index in [9.17, 15) is 4.79 Å². The average Bonchev–Trinajstić information content (AvgIpc) is 3.08. The van der Waals surface area contributed by atoms with Gasteiger partial charge in [0, 0.05) is 11.1 Å². The third kappa shape index (κ3) is 2.46. The number of aryl methyl sites for hydroxylation is 1. The standard InChI is InChI=1S/C14H11N3O2S/c1-9-12(13(18)16-11-6-2-3-7-15-11)17-14(20-9)10-5-4-8-19-10/h2-8H,1H3,(H,15,16,18). The topological polar surface area (TPSA) is 68.0 Å². The summed E-state index contributed by atoms with van der Waals surface area (Å²) in [6.07, 6.45) is 3.21. The molecule has 1 N–H and O–H groups in total. The molecule has 5 nitrogen and oxygen atoms in total. The summed E-state index contributed by atoms with van der Waals surface area (Å²) in [6.45, 7) is 1.86. The fourth-order valence-electron chi connectivity index (χ4n) is 1.72. The molecule has 0 aromatic carbocycles. The first kappa shape index (κ1) is 12.6. The van der Waals surface area contributed by atoms with Crippen LogP contribution in [0.3, 0.4) is 0 Å². The van der Waals surface area contributed by atoms with Crippen molar-refractivity contribution in [2.45, 2.75) is 6.92 Å². The lowest BCUT2D eigenvalue weighted by molar-refractivity contribution is 0.102. The zero-order valence-electron chi connectivity index (χ0n) is 10.7. The number of nitrogens with zero attached hydrogens (tertiary/aromatic N) is 2. The van der Waals surface area contributed by atoms with Gasteiger partial charge in [-0.25, -0.2) is 9.97 Å². The van der Waals surface area contributed by atoms with E-state index in [0.29, 0.717) is 22.3 Å². The second kappa shape index (κ2) is 5.26. The Bertz CT molecular complexity index is 720.